The lowest BCUT2D eigenvalue weighted by Crippen LogP contribution is -2.43. The van der Waals surface area contributed by atoms with Crippen molar-refractivity contribution in [3.8, 4) is 11.8 Å². The van der Waals surface area contributed by atoms with E-state index < -0.39 is 5.60 Å². The van der Waals surface area contributed by atoms with E-state index in [4.69, 9.17) is 9.47 Å². The van der Waals surface area contributed by atoms with Crippen LogP contribution in [0.3, 0.4) is 0 Å². The molecule has 1 atom stereocenters. The van der Waals surface area contributed by atoms with Crippen LogP contribution >= 0.6 is 0 Å². The van der Waals surface area contributed by atoms with Gasteiger partial charge in [0.15, 0.2) is 0 Å². The van der Waals surface area contributed by atoms with E-state index in [1.54, 1.807) is 18.2 Å². The van der Waals surface area contributed by atoms with Crippen molar-refractivity contribution in [2.45, 2.75) is 72.0 Å². The Morgan fingerprint density at radius 1 is 1.32 bits per heavy atom. The van der Waals surface area contributed by atoms with Gasteiger partial charge in [-0.25, -0.2) is 0 Å². The summed E-state index contributed by atoms with van der Waals surface area (Å²) in [4.78, 5) is 12.8. The molecule has 138 valence electrons. The third-order valence-electron chi connectivity index (χ3n) is 3.83. The molecule has 0 saturated heterocycles. The third-order valence-corrected chi connectivity index (χ3v) is 3.83. The Morgan fingerprint density at radius 3 is 2.60 bits per heavy atom. The fraction of sp³-hybridized carbons (Fsp3) is 0.600. The zero-order valence-electron chi connectivity index (χ0n) is 16.0. The van der Waals surface area contributed by atoms with Crippen molar-refractivity contribution in [2.24, 2.45) is 0 Å². The number of rotatable bonds is 10. The van der Waals surface area contributed by atoms with Crippen LogP contribution in [0.1, 0.15) is 65.9 Å². The average molecular weight is 346 g/mol. The number of anilines is 1. The van der Waals surface area contributed by atoms with Gasteiger partial charge in [-0.15, -0.1) is 0 Å². The number of hydrogen-bond donors (Lipinski definition) is 1. The average Bonchev–Trinajstić information content (AvgIpc) is 2.58. The van der Waals surface area contributed by atoms with Gasteiger partial charge in [-0.05, 0) is 51.8 Å². The second-order valence-electron chi connectivity index (χ2n) is 6.63. The summed E-state index contributed by atoms with van der Waals surface area (Å²) in [7, 11) is 0. The first-order valence-corrected chi connectivity index (χ1v) is 9.02. The lowest BCUT2D eigenvalue weighted by molar-refractivity contribution is -0.140. The maximum atomic E-state index is 12.8. The molecule has 0 fully saturated rings. The molecule has 0 saturated carbocycles. The summed E-state index contributed by atoms with van der Waals surface area (Å²) in [6.45, 7) is 10.3. The number of benzene rings is 1. The number of nitrogens with one attached hydrogen (secondary N) is 1. The quantitative estimate of drug-likeness (QED) is 0.669. The highest BCUT2D eigenvalue weighted by Gasteiger charge is 2.33. The van der Waals surface area contributed by atoms with Crippen LogP contribution in [-0.2, 0) is 9.53 Å². The second kappa shape index (κ2) is 10.0. The SMILES string of the molecule is CCCC[C@](C)(OCCC)C(=O)Nc1ccc(OC(C)C)c(C#N)c1. The first kappa shape index (κ1) is 21.0. The second-order valence-corrected chi connectivity index (χ2v) is 6.63. The van der Waals surface area contributed by atoms with E-state index in [0.29, 0.717) is 30.0 Å². The van der Waals surface area contributed by atoms with Crippen LogP contribution in [0.2, 0.25) is 0 Å². The first-order valence-electron chi connectivity index (χ1n) is 9.02. The summed E-state index contributed by atoms with van der Waals surface area (Å²) in [5.74, 6) is 0.335. The van der Waals surface area contributed by atoms with Crippen LogP contribution in [0.4, 0.5) is 5.69 Å². The van der Waals surface area contributed by atoms with Gasteiger partial charge in [0.25, 0.3) is 5.91 Å². The Labute approximate surface area is 151 Å². The normalized spacial score (nSPS) is 13.2. The van der Waals surface area contributed by atoms with Gasteiger partial charge in [-0.1, -0.05) is 26.7 Å². The van der Waals surface area contributed by atoms with Crippen LogP contribution in [0.15, 0.2) is 18.2 Å². The maximum absolute atomic E-state index is 12.8. The molecule has 25 heavy (non-hydrogen) atoms. The number of carbonyl (C=O) groups excluding carboxylic acids is 1. The number of amides is 1. The molecule has 0 spiro atoms. The zero-order valence-corrected chi connectivity index (χ0v) is 16.0. The smallest absolute Gasteiger partial charge is 0.256 e. The van der Waals surface area contributed by atoms with E-state index in [0.717, 1.165) is 19.3 Å². The van der Waals surface area contributed by atoms with Crippen molar-refractivity contribution in [1.82, 2.24) is 0 Å². The summed E-state index contributed by atoms with van der Waals surface area (Å²) in [5.41, 5.74) is 0.100. The van der Waals surface area contributed by atoms with Gasteiger partial charge in [-0.3, -0.25) is 4.79 Å². The van der Waals surface area contributed by atoms with Crippen molar-refractivity contribution >= 4 is 11.6 Å². The minimum atomic E-state index is -0.869. The Morgan fingerprint density at radius 2 is 2.04 bits per heavy atom. The molecule has 1 rings (SSSR count). The van der Waals surface area contributed by atoms with Gasteiger partial charge in [0.05, 0.1) is 11.7 Å². The summed E-state index contributed by atoms with van der Waals surface area (Å²) in [5, 5.41) is 12.2. The van der Waals surface area contributed by atoms with Gasteiger partial charge in [0, 0.05) is 12.3 Å². The molecule has 1 aromatic carbocycles. The summed E-state index contributed by atoms with van der Waals surface area (Å²) in [6.07, 6.45) is 3.41. The minimum Gasteiger partial charge on any atom is -0.490 e. The number of nitrogens with zero attached hydrogens (tertiary/aromatic N) is 1. The van der Waals surface area contributed by atoms with Gasteiger partial charge in [0.2, 0.25) is 0 Å². The molecule has 5 nitrogen and oxygen atoms in total. The third kappa shape index (κ3) is 6.39. The van der Waals surface area contributed by atoms with Crippen LogP contribution in [0, 0.1) is 11.3 Å². The molecule has 0 aliphatic rings. The Balaban J connectivity index is 2.94. The lowest BCUT2D eigenvalue weighted by atomic mass is 9.97. The summed E-state index contributed by atoms with van der Waals surface area (Å²) in [6, 6.07) is 7.21. The number of ether oxygens (including phenoxy) is 2. The zero-order chi connectivity index (χ0) is 18.9. The summed E-state index contributed by atoms with van der Waals surface area (Å²) >= 11 is 0. The molecule has 0 bridgehead atoms. The van der Waals surface area contributed by atoms with Crippen molar-refractivity contribution in [2.75, 3.05) is 11.9 Å². The molecular formula is C20H30N2O3. The number of unbranched alkanes of at least 4 members (excludes halogenated alkanes) is 1. The van der Waals surface area contributed by atoms with E-state index in [1.165, 1.54) is 0 Å². The van der Waals surface area contributed by atoms with Crippen LogP contribution < -0.4 is 10.1 Å². The number of nitriles is 1. The lowest BCUT2D eigenvalue weighted by Gasteiger charge is -2.28. The predicted molar refractivity (Wildman–Crippen MR) is 99.7 cm³/mol. The largest absolute Gasteiger partial charge is 0.490 e. The molecule has 5 heteroatoms. The Bertz CT molecular complexity index is 597. The van der Waals surface area contributed by atoms with Crippen molar-refractivity contribution in [3.63, 3.8) is 0 Å². The van der Waals surface area contributed by atoms with Crippen LogP contribution in [0.5, 0.6) is 5.75 Å². The van der Waals surface area contributed by atoms with Crippen molar-refractivity contribution in [3.05, 3.63) is 23.8 Å². The van der Waals surface area contributed by atoms with Crippen LogP contribution in [0.25, 0.3) is 0 Å². The van der Waals surface area contributed by atoms with Gasteiger partial charge in [0.1, 0.15) is 17.4 Å². The van der Waals surface area contributed by atoms with Gasteiger partial charge >= 0.3 is 0 Å². The highest BCUT2D eigenvalue weighted by molar-refractivity contribution is 5.97. The first-order chi connectivity index (χ1) is 11.9. The molecule has 1 amide bonds. The van der Waals surface area contributed by atoms with E-state index >= 15 is 0 Å². The Kier molecular flexibility index (Phi) is 8.44. The monoisotopic (exact) mass is 346 g/mol. The topological polar surface area (TPSA) is 71.3 Å². The molecule has 0 unspecified atom stereocenters. The fourth-order valence-electron chi connectivity index (χ4n) is 2.41. The van der Waals surface area contributed by atoms with E-state index in [2.05, 4.69) is 18.3 Å². The molecular weight excluding hydrogens is 316 g/mol. The molecule has 0 aromatic heterocycles. The van der Waals surface area contributed by atoms with Gasteiger partial charge < -0.3 is 14.8 Å². The van der Waals surface area contributed by atoms with Crippen molar-refractivity contribution < 1.29 is 14.3 Å². The van der Waals surface area contributed by atoms with Crippen molar-refractivity contribution in [1.29, 1.82) is 5.26 Å². The summed E-state index contributed by atoms with van der Waals surface area (Å²) < 4.78 is 11.5. The minimum absolute atomic E-state index is 0.0210. The standard InChI is InChI=1S/C20H30N2O3/c1-6-8-11-20(5,24-12-7-2)19(23)22-17-9-10-18(25-15(3)4)16(13-17)14-21/h9-10,13,15H,6-8,11-12H2,1-5H3,(H,22,23)/t20-/m0/s1. The van der Waals surface area contributed by atoms with E-state index in [1.807, 2.05) is 27.7 Å². The molecule has 0 aliphatic carbocycles. The maximum Gasteiger partial charge on any atom is 0.256 e. The molecule has 1 N–H and O–H groups in total. The van der Waals surface area contributed by atoms with Crippen LogP contribution in [-0.4, -0.2) is 24.2 Å². The highest BCUT2D eigenvalue weighted by Crippen LogP contribution is 2.26. The Hall–Kier alpha value is -2.06. The van der Waals surface area contributed by atoms with E-state index in [-0.39, 0.29) is 12.0 Å². The number of carbonyl (C=O) groups is 1. The van der Waals surface area contributed by atoms with E-state index in [9.17, 15) is 10.1 Å². The molecule has 0 radical (unpaired) electrons. The fourth-order valence-corrected chi connectivity index (χ4v) is 2.41. The highest BCUT2D eigenvalue weighted by atomic mass is 16.5. The predicted octanol–water partition coefficient (Wildman–Crippen LogP) is 4.66. The number of hydrogen-bond acceptors (Lipinski definition) is 4. The molecule has 1 aromatic rings. The molecule has 0 heterocycles. The van der Waals surface area contributed by atoms with Gasteiger partial charge in [-0.2, -0.15) is 5.26 Å². The molecule has 0 aliphatic heterocycles.